The quantitative estimate of drug-likeness (QED) is 0.660. The Morgan fingerprint density at radius 3 is 2.86 bits per heavy atom. The van der Waals surface area contributed by atoms with Crippen LogP contribution in [0.15, 0.2) is 18.2 Å². The number of amides is 1. The zero-order valence-electron chi connectivity index (χ0n) is 8.71. The molecule has 2 nitrogen and oxygen atoms in total. The summed E-state index contributed by atoms with van der Waals surface area (Å²) in [7, 11) is 0. The third-order valence-corrected chi connectivity index (χ3v) is 2.80. The molecule has 0 N–H and O–H groups in total. The third kappa shape index (κ3) is 1.52. The number of hydrogen-bond acceptors (Lipinski definition) is 1. The maximum Gasteiger partial charge on any atom is 0.227 e. The Morgan fingerprint density at radius 2 is 2.14 bits per heavy atom. The van der Waals surface area contributed by atoms with E-state index in [1.54, 1.807) is 0 Å². The summed E-state index contributed by atoms with van der Waals surface area (Å²) in [6.45, 7) is 5.71. The summed E-state index contributed by atoms with van der Waals surface area (Å²) in [4.78, 5) is 13.5. The minimum absolute atomic E-state index is 0.254. The van der Waals surface area contributed by atoms with Gasteiger partial charge in [0, 0.05) is 13.1 Å². The third-order valence-electron chi connectivity index (χ3n) is 2.80. The van der Waals surface area contributed by atoms with Crippen LogP contribution in [-0.4, -0.2) is 17.4 Å². The largest absolute Gasteiger partial charge is 0.338 e. The maximum absolute atomic E-state index is 11.6. The van der Waals surface area contributed by atoms with Gasteiger partial charge in [-0.25, -0.2) is 0 Å². The van der Waals surface area contributed by atoms with Crippen LogP contribution in [0.5, 0.6) is 0 Å². The lowest BCUT2D eigenvalue weighted by molar-refractivity contribution is -0.131. The van der Waals surface area contributed by atoms with Gasteiger partial charge in [-0.3, -0.25) is 4.79 Å². The van der Waals surface area contributed by atoms with Crippen molar-refractivity contribution in [3.05, 3.63) is 34.9 Å². The molecule has 0 aromatic heterocycles. The van der Waals surface area contributed by atoms with Crippen LogP contribution in [0, 0.1) is 6.92 Å². The molecule has 0 saturated carbocycles. The van der Waals surface area contributed by atoms with E-state index in [1.165, 1.54) is 16.7 Å². The van der Waals surface area contributed by atoms with Crippen LogP contribution >= 0.6 is 0 Å². The minimum Gasteiger partial charge on any atom is -0.338 e. The summed E-state index contributed by atoms with van der Waals surface area (Å²) in [6, 6.07) is 6.34. The van der Waals surface area contributed by atoms with Gasteiger partial charge in [-0.1, -0.05) is 23.8 Å². The van der Waals surface area contributed by atoms with Crippen LogP contribution in [0.3, 0.4) is 0 Å². The van der Waals surface area contributed by atoms with E-state index in [0.717, 1.165) is 13.1 Å². The number of carbonyl (C=O) groups is 1. The molecule has 0 atom stereocenters. The first kappa shape index (κ1) is 9.25. The first-order valence-electron chi connectivity index (χ1n) is 5.07. The number of aryl methyl sites for hydroxylation is 1. The van der Waals surface area contributed by atoms with E-state index >= 15 is 0 Å². The van der Waals surface area contributed by atoms with Crippen LogP contribution in [0.2, 0.25) is 0 Å². The molecular formula is C12H15NO. The highest BCUT2D eigenvalue weighted by Gasteiger charge is 2.20. The molecule has 2 rings (SSSR count). The van der Waals surface area contributed by atoms with Crippen LogP contribution < -0.4 is 0 Å². The van der Waals surface area contributed by atoms with Crippen molar-refractivity contribution in [2.75, 3.05) is 6.54 Å². The number of rotatable bonds is 1. The van der Waals surface area contributed by atoms with Crippen molar-refractivity contribution in [1.82, 2.24) is 4.90 Å². The average molecular weight is 189 g/mol. The van der Waals surface area contributed by atoms with Crippen LogP contribution in [0.1, 0.15) is 23.6 Å². The number of likely N-dealkylation sites (N-methyl/N-ethyl adjacent to an activating group) is 1. The van der Waals surface area contributed by atoms with Crippen molar-refractivity contribution in [2.24, 2.45) is 0 Å². The summed E-state index contributed by atoms with van der Waals surface area (Å²) < 4.78 is 0. The Kier molecular flexibility index (Phi) is 2.28. The number of carbonyl (C=O) groups excluding carboxylic acids is 1. The fourth-order valence-corrected chi connectivity index (χ4v) is 1.93. The van der Waals surface area contributed by atoms with Gasteiger partial charge in [0.15, 0.2) is 0 Å². The lowest BCUT2D eigenvalue weighted by atomic mass is 9.97. The maximum atomic E-state index is 11.6. The van der Waals surface area contributed by atoms with Gasteiger partial charge in [0.2, 0.25) is 5.91 Å². The van der Waals surface area contributed by atoms with Crippen LogP contribution in [0.4, 0.5) is 0 Å². The molecule has 0 unspecified atom stereocenters. The summed E-state index contributed by atoms with van der Waals surface area (Å²) >= 11 is 0. The molecule has 0 aliphatic carbocycles. The fourth-order valence-electron chi connectivity index (χ4n) is 1.93. The van der Waals surface area contributed by atoms with E-state index < -0.39 is 0 Å². The zero-order valence-corrected chi connectivity index (χ0v) is 8.71. The van der Waals surface area contributed by atoms with Gasteiger partial charge in [0.05, 0.1) is 6.42 Å². The Morgan fingerprint density at radius 1 is 1.36 bits per heavy atom. The van der Waals surface area contributed by atoms with E-state index in [1.807, 2.05) is 11.8 Å². The van der Waals surface area contributed by atoms with E-state index in [2.05, 4.69) is 25.1 Å². The molecule has 0 saturated heterocycles. The second kappa shape index (κ2) is 3.45. The van der Waals surface area contributed by atoms with Gasteiger partial charge in [0.1, 0.15) is 0 Å². The molecular weight excluding hydrogens is 174 g/mol. The van der Waals surface area contributed by atoms with Crippen LogP contribution in [-0.2, 0) is 17.8 Å². The average Bonchev–Trinajstić information content (AvgIpc) is 2.17. The van der Waals surface area contributed by atoms with E-state index in [-0.39, 0.29) is 5.91 Å². The van der Waals surface area contributed by atoms with Gasteiger partial charge in [-0.2, -0.15) is 0 Å². The summed E-state index contributed by atoms with van der Waals surface area (Å²) in [5.41, 5.74) is 3.78. The van der Waals surface area contributed by atoms with Crippen LogP contribution in [0.25, 0.3) is 0 Å². The number of benzene rings is 1. The Balaban J connectivity index is 2.36. The number of nitrogens with zero attached hydrogens (tertiary/aromatic N) is 1. The molecule has 1 aliphatic heterocycles. The summed E-state index contributed by atoms with van der Waals surface area (Å²) in [5, 5.41) is 0. The lowest BCUT2D eigenvalue weighted by Gasteiger charge is -2.27. The van der Waals surface area contributed by atoms with Gasteiger partial charge in [0.25, 0.3) is 0 Å². The molecule has 74 valence electrons. The van der Waals surface area contributed by atoms with Gasteiger partial charge in [-0.15, -0.1) is 0 Å². The predicted octanol–water partition coefficient (Wildman–Crippen LogP) is 1.90. The van der Waals surface area contributed by atoms with Crippen molar-refractivity contribution in [3.63, 3.8) is 0 Å². The minimum atomic E-state index is 0.254. The molecule has 0 spiro atoms. The topological polar surface area (TPSA) is 20.3 Å². The first-order chi connectivity index (χ1) is 6.70. The molecule has 0 radical (unpaired) electrons. The second-order valence-corrected chi connectivity index (χ2v) is 3.86. The van der Waals surface area contributed by atoms with Crippen molar-refractivity contribution in [2.45, 2.75) is 26.8 Å². The zero-order chi connectivity index (χ0) is 10.1. The van der Waals surface area contributed by atoms with Crippen molar-refractivity contribution < 1.29 is 4.79 Å². The summed E-state index contributed by atoms with van der Waals surface area (Å²) in [6.07, 6.45) is 0.573. The van der Waals surface area contributed by atoms with Crippen molar-refractivity contribution in [1.29, 1.82) is 0 Å². The van der Waals surface area contributed by atoms with E-state index in [4.69, 9.17) is 0 Å². The fraction of sp³-hybridized carbons (Fsp3) is 0.417. The molecule has 1 aliphatic rings. The van der Waals surface area contributed by atoms with Gasteiger partial charge >= 0.3 is 0 Å². The lowest BCUT2D eigenvalue weighted by Crippen LogP contribution is -2.35. The van der Waals surface area contributed by atoms with Gasteiger partial charge < -0.3 is 4.90 Å². The smallest absolute Gasteiger partial charge is 0.227 e. The molecule has 1 aromatic rings. The Bertz CT molecular complexity index is 371. The highest BCUT2D eigenvalue weighted by molar-refractivity contribution is 5.80. The number of hydrogen-bond donors (Lipinski definition) is 0. The second-order valence-electron chi connectivity index (χ2n) is 3.86. The molecule has 0 bridgehead atoms. The SMILES string of the molecule is CCN1Cc2cc(C)ccc2CC1=O. The molecule has 0 fully saturated rings. The van der Waals surface area contributed by atoms with E-state index in [9.17, 15) is 4.79 Å². The highest BCUT2D eigenvalue weighted by Crippen LogP contribution is 2.20. The normalized spacial score (nSPS) is 15.6. The van der Waals surface area contributed by atoms with Crippen molar-refractivity contribution >= 4 is 5.91 Å². The first-order valence-corrected chi connectivity index (χ1v) is 5.07. The molecule has 14 heavy (non-hydrogen) atoms. The molecule has 2 heteroatoms. The Hall–Kier alpha value is -1.31. The van der Waals surface area contributed by atoms with E-state index in [0.29, 0.717) is 6.42 Å². The Labute approximate surface area is 84.5 Å². The molecule has 1 heterocycles. The monoisotopic (exact) mass is 189 g/mol. The summed E-state index contributed by atoms with van der Waals surface area (Å²) in [5.74, 6) is 0.254. The predicted molar refractivity (Wildman–Crippen MR) is 56.0 cm³/mol. The highest BCUT2D eigenvalue weighted by atomic mass is 16.2. The molecule has 1 amide bonds. The molecule has 1 aromatic carbocycles. The number of fused-ring (bicyclic) bond motifs is 1. The van der Waals surface area contributed by atoms with Crippen molar-refractivity contribution in [3.8, 4) is 0 Å². The van der Waals surface area contributed by atoms with Gasteiger partial charge in [-0.05, 0) is 25.0 Å². The standard InChI is InChI=1S/C12H15NO/c1-3-13-8-11-6-9(2)4-5-10(11)7-12(13)14/h4-6H,3,7-8H2,1-2H3.